The van der Waals surface area contributed by atoms with E-state index in [0.717, 1.165) is 0 Å². The highest BCUT2D eigenvalue weighted by atomic mass is 19.1. The summed E-state index contributed by atoms with van der Waals surface area (Å²) in [7, 11) is 1.55. The Bertz CT molecular complexity index is 2330. The van der Waals surface area contributed by atoms with Crippen molar-refractivity contribution in [3.8, 4) is 16.8 Å². The number of aromatic nitrogens is 5. The molecule has 254 valence electrons. The van der Waals surface area contributed by atoms with E-state index in [-0.39, 0.29) is 58.3 Å². The van der Waals surface area contributed by atoms with Crippen molar-refractivity contribution in [3.63, 3.8) is 0 Å². The number of rotatable bonds is 5. The second-order valence-corrected chi connectivity index (χ2v) is 13.9. The number of aromatic amines is 1. The fourth-order valence-electron chi connectivity index (χ4n) is 7.85. The van der Waals surface area contributed by atoms with E-state index in [4.69, 9.17) is 0 Å². The molecule has 5 heterocycles. The van der Waals surface area contributed by atoms with E-state index in [9.17, 15) is 9.59 Å². The molecule has 10 nitrogen and oxygen atoms in total. The summed E-state index contributed by atoms with van der Waals surface area (Å²) in [6, 6.07) is 4.21. The van der Waals surface area contributed by atoms with Crippen molar-refractivity contribution in [2.24, 2.45) is 7.05 Å². The highest BCUT2D eigenvalue weighted by molar-refractivity contribution is 6.02. The quantitative estimate of drug-likeness (QED) is 0.244. The molecule has 5 aromatic rings. The van der Waals surface area contributed by atoms with Crippen LogP contribution in [0.5, 0.6) is 0 Å². The van der Waals surface area contributed by atoms with Gasteiger partial charge in [-0.2, -0.15) is 0 Å². The summed E-state index contributed by atoms with van der Waals surface area (Å²) >= 11 is 0. The first-order valence-corrected chi connectivity index (χ1v) is 16.6. The topological polar surface area (TPSA) is 109 Å². The van der Waals surface area contributed by atoms with Gasteiger partial charge < -0.3 is 14.8 Å². The summed E-state index contributed by atoms with van der Waals surface area (Å²) in [5.74, 6) is -2.28. The number of halogens is 2. The van der Waals surface area contributed by atoms with E-state index in [0.29, 0.717) is 58.0 Å². The molecule has 7 rings (SSSR count). The normalized spacial score (nSPS) is 17.4. The van der Waals surface area contributed by atoms with Gasteiger partial charge >= 0.3 is 5.69 Å². The van der Waals surface area contributed by atoms with Gasteiger partial charge in [-0.05, 0) is 49.5 Å². The summed E-state index contributed by atoms with van der Waals surface area (Å²) in [5.41, 5.74) is 2.67. The number of carbonyl (C=O) groups excluding carboxylic acids is 1. The number of aryl methyl sites for hydroxylation is 2. The third-order valence-corrected chi connectivity index (χ3v) is 10.2. The lowest BCUT2D eigenvalue weighted by molar-refractivity contribution is -0.128. The van der Waals surface area contributed by atoms with E-state index in [1.807, 2.05) is 39.5 Å². The number of nitrogens with one attached hydrogen (secondary N) is 1. The van der Waals surface area contributed by atoms with Crippen LogP contribution in [-0.4, -0.2) is 60.1 Å². The Morgan fingerprint density at radius 2 is 1.69 bits per heavy atom. The van der Waals surface area contributed by atoms with Crippen LogP contribution in [0.2, 0.25) is 0 Å². The minimum atomic E-state index is -0.926. The molecule has 1 N–H and O–H groups in total. The molecule has 2 aliphatic rings. The van der Waals surface area contributed by atoms with E-state index in [2.05, 4.69) is 21.5 Å². The van der Waals surface area contributed by atoms with Crippen LogP contribution < -0.4 is 16.1 Å². The molecular weight excluding hydrogens is 628 g/mol. The third kappa shape index (κ3) is 4.67. The fourth-order valence-corrected chi connectivity index (χ4v) is 7.85. The smallest absolute Gasteiger partial charge is 0.326 e. The van der Waals surface area contributed by atoms with Crippen molar-refractivity contribution in [1.82, 2.24) is 29.0 Å². The van der Waals surface area contributed by atoms with Gasteiger partial charge in [-0.3, -0.25) is 18.7 Å². The van der Waals surface area contributed by atoms with E-state index in [1.165, 1.54) is 27.6 Å². The monoisotopic (exact) mass is 667 g/mol. The van der Waals surface area contributed by atoms with Crippen LogP contribution in [0, 0.1) is 18.6 Å². The Morgan fingerprint density at radius 3 is 2.33 bits per heavy atom. The number of H-pyrrole nitrogens is 1. The maximum absolute atomic E-state index is 17.8. The van der Waals surface area contributed by atoms with Crippen LogP contribution in [-0.2, 0) is 18.3 Å². The lowest BCUT2D eigenvalue weighted by atomic mass is 9.94. The van der Waals surface area contributed by atoms with Gasteiger partial charge in [-0.15, -0.1) is 0 Å². The van der Waals surface area contributed by atoms with Gasteiger partial charge in [0.05, 0.1) is 50.9 Å². The first-order chi connectivity index (χ1) is 23.3. The Morgan fingerprint density at radius 1 is 1.02 bits per heavy atom. The predicted octanol–water partition coefficient (Wildman–Crippen LogP) is 5.61. The molecule has 0 bridgehead atoms. The van der Waals surface area contributed by atoms with Gasteiger partial charge in [0.15, 0.2) is 5.82 Å². The zero-order chi connectivity index (χ0) is 35.2. The van der Waals surface area contributed by atoms with Crippen LogP contribution in [0.1, 0.15) is 69.0 Å². The minimum Gasteiger partial charge on any atom is -0.363 e. The maximum atomic E-state index is 17.8. The molecule has 0 aliphatic carbocycles. The Kier molecular flexibility index (Phi) is 7.60. The first kappa shape index (κ1) is 32.4. The summed E-state index contributed by atoms with van der Waals surface area (Å²) in [5, 5.41) is 0.243. The van der Waals surface area contributed by atoms with E-state index in [1.54, 1.807) is 31.0 Å². The zero-order valence-corrected chi connectivity index (χ0v) is 28.7. The third-order valence-electron chi connectivity index (χ3n) is 10.2. The Hall–Kier alpha value is -5.13. The van der Waals surface area contributed by atoms with Crippen molar-refractivity contribution in [2.75, 3.05) is 18.0 Å². The highest BCUT2D eigenvalue weighted by Crippen LogP contribution is 2.45. The number of benzene rings is 2. The van der Waals surface area contributed by atoms with E-state index >= 15 is 13.6 Å². The number of nitrogens with zero attached hydrogens (tertiary/aromatic N) is 6. The van der Waals surface area contributed by atoms with Crippen LogP contribution in [0.15, 0.2) is 46.8 Å². The summed E-state index contributed by atoms with van der Waals surface area (Å²) in [4.78, 5) is 56.1. The standard InChI is InChI=1S/C37H39F2N7O3/c1-9-26(47)44-15-21-12-23-32(45(21)14-20(44)7)22-13-24(38)28(27-19(6)10-11-25-34(27)43(8)37(49)42-25)29(39)33(22)46(36(23)48)35-30(17(2)3)40-16-41-31(35)18(4)5/h9-11,13,16-18,20-21H,1,12,14-15H2,2-8H3,(H,42,49). The van der Waals surface area contributed by atoms with Gasteiger partial charge in [-0.25, -0.2) is 23.5 Å². The van der Waals surface area contributed by atoms with Crippen molar-refractivity contribution in [1.29, 1.82) is 0 Å². The molecule has 2 unspecified atom stereocenters. The maximum Gasteiger partial charge on any atom is 0.326 e. The number of hydrogen-bond donors (Lipinski definition) is 1. The molecule has 12 heteroatoms. The molecule has 49 heavy (non-hydrogen) atoms. The average molecular weight is 668 g/mol. The van der Waals surface area contributed by atoms with Crippen LogP contribution in [0.3, 0.4) is 0 Å². The Balaban J connectivity index is 1.65. The second kappa shape index (κ2) is 11.5. The zero-order valence-electron chi connectivity index (χ0n) is 28.7. The lowest BCUT2D eigenvalue weighted by Gasteiger charge is -2.43. The molecular formula is C37H39F2N7O3. The summed E-state index contributed by atoms with van der Waals surface area (Å²) in [6.45, 7) is 15.8. The van der Waals surface area contributed by atoms with Gasteiger partial charge in [-0.1, -0.05) is 40.3 Å². The van der Waals surface area contributed by atoms with Crippen molar-refractivity contribution >= 4 is 33.5 Å². The second-order valence-electron chi connectivity index (χ2n) is 13.9. The van der Waals surface area contributed by atoms with Gasteiger partial charge in [0.1, 0.15) is 12.1 Å². The molecule has 3 aromatic heterocycles. The van der Waals surface area contributed by atoms with Crippen molar-refractivity contribution in [3.05, 3.63) is 92.2 Å². The highest BCUT2D eigenvalue weighted by Gasteiger charge is 2.42. The summed E-state index contributed by atoms with van der Waals surface area (Å²) in [6.07, 6.45) is 3.02. The molecule has 0 spiro atoms. The molecule has 0 saturated carbocycles. The van der Waals surface area contributed by atoms with Gasteiger partial charge in [0, 0.05) is 49.1 Å². The van der Waals surface area contributed by atoms with Crippen molar-refractivity contribution < 1.29 is 13.6 Å². The Labute approximate surface area is 281 Å². The molecule has 2 aromatic carbocycles. The number of hydrogen-bond acceptors (Lipinski definition) is 6. The van der Waals surface area contributed by atoms with Crippen LogP contribution in [0.4, 0.5) is 14.5 Å². The van der Waals surface area contributed by atoms with E-state index < -0.39 is 22.9 Å². The molecule has 0 radical (unpaired) electrons. The lowest BCUT2D eigenvalue weighted by Crippen LogP contribution is -2.57. The number of anilines is 1. The molecule has 1 saturated heterocycles. The van der Waals surface area contributed by atoms with Crippen LogP contribution >= 0.6 is 0 Å². The van der Waals surface area contributed by atoms with Crippen LogP contribution in [0.25, 0.3) is 38.8 Å². The number of piperazine rings is 1. The molecule has 2 atom stereocenters. The average Bonchev–Trinajstić information content (AvgIpc) is 3.57. The SMILES string of the molecule is C=CC(=O)N1CC2Cc3c(c4cc(F)c(-c5c(C)ccc6[nH]c(=O)n(C)c56)c(F)c4n(-c4c(C(C)C)ncnc4C(C)C)c3=O)N2CC1C. The number of carbonyl (C=O) groups is 1. The van der Waals surface area contributed by atoms with Crippen molar-refractivity contribution in [2.45, 2.75) is 71.9 Å². The summed E-state index contributed by atoms with van der Waals surface area (Å²) < 4.78 is 37.3. The number of fused-ring (bicyclic) bond motifs is 6. The molecule has 1 amide bonds. The fraction of sp³-hybridized carbons (Fsp3) is 0.378. The number of pyridine rings is 1. The van der Waals surface area contributed by atoms with Gasteiger partial charge in [0.25, 0.3) is 5.56 Å². The molecule has 1 fully saturated rings. The largest absolute Gasteiger partial charge is 0.363 e. The number of imidazole rings is 1. The minimum absolute atomic E-state index is 0.0893. The number of amides is 1. The molecule has 2 aliphatic heterocycles. The first-order valence-electron chi connectivity index (χ1n) is 16.6. The predicted molar refractivity (Wildman–Crippen MR) is 187 cm³/mol. The van der Waals surface area contributed by atoms with Gasteiger partial charge in [0.2, 0.25) is 5.91 Å².